The summed E-state index contributed by atoms with van der Waals surface area (Å²) in [7, 11) is 0. The van der Waals surface area contributed by atoms with E-state index < -0.39 is 0 Å². The molecule has 1 aromatic heterocycles. The van der Waals surface area contributed by atoms with Gasteiger partial charge in [0, 0.05) is 21.9 Å². The molecule has 100 valence electrons. The van der Waals surface area contributed by atoms with Crippen LogP contribution in [0.4, 0.5) is 0 Å². The minimum Gasteiger partial charge on any atom is -0.438 e. The molecule has 0 atom stereocenters. The van der Waals surface area contributed by atoms with E-state index in [2.05, 4.69) is 4.98 Å². The summed E-state index contributed by atoms with van der Waals surface area (Å²) in [6.07, 6.45) is 0. The van der Waals surface area contributed by atoms with Gasteiger partial charge >= 0.3 is 0 Å². The van der Waals surface area contributed by atoms with Crippen molar-refractivity contribution in [2.45, 2.75) is 5.88 Å². The quantitative estimate of drug-likeness (QED) is 0.603. The predicted molar refractivity (Wildman–Crippen MR) is 82.8 cm³/mol. The largest absolute Gasteiger partial charge is 0.438 e. The molecule has 3 aromatic rings. The number of nitrogens with zero attached hydrogens (tertiary/aromatic N) is 1. The molecule has 0 aliphatic carbocycles. The van der Waals surface area contributed by atoms with Gasteiger partial charge in [-0.25, -0.2) is 4.98 Å². The van der Waals surface area contributed by atoms with Gasteiger partial charge in [-0.3, -0.25) is 0 Å². The minimum atomic E-state index is 0.360. The summed E-state index contributed by atoms with van der Waals surface area (Å²) >= 11 is 12.0. The molecule has 0 amide bonds. The molecule has 0 bridgehead atoms. The van der Waals surface area contributed by atoms with Gasteiger partial charge in [0.2, 0.25) is 5.88 Å². The summed E-state index contributed by atoms with van der Waals surface area (Å²) in [6, 6.07) is 17.1. The number of alkyl halides is 1. The molecule has 0 unspecified atom stereocenters. The van der Waals surface area contributed by atoms with Gasteiger partial charge in [-0.05, 0) is 18.2 Å². The molecule has 0 spiro atoms. The van der Waals surface area contributed by atoms with E-state index in [-0.39, 0.29) is 0 Å². The van der Waals surface area contributed by atoms with E-state index in [1.54, 1.807) is 6.07 Å². The second kappa shape index (κ2) is 5.70. The molecular formula is C16H11Cl2NO. The fourth-order valence-electron chi connectivity index (χ4n) is 2.03. The fourth-order valence-corrected chi connectivity index (χ4v) is 2.40. The SMILES string of the molecule is ClCc1cccc(Oc2ccc(Cl)c3ccccc23)n1. The highest BCUT2D eigenvalue weighted by atomic mass is 35.5. The van der Waals surface area contributed by atoms with Crippen molar-refractivity contribution in [1.29, 1.82) is 0 Å². The zero-order chi connectivity index (χ0) is 13.9. The molecule has 0 saturated heterocycles. The average molecular weight is 304 g/mol. The Hall–Kier alpha value is -1.77. The van der Waals surface area contributed by atoms with Gasteiger partial charge in [0.15, 0.2) is 0 Å². The third-order valence-corrected chi connectivity index (χ3v) is 3.57. The van der Waals surface area contributed by atoms with E-state index in [1.165, 1.54) is 0 Å². The third-order valence-electron chi connectivity index (χ3n) is 2.96. The van der Waals surface area contributed by atoms with Crippen molar-refractivity contribution in [3.8, 4) is 11.6 Å². The number of pyridine rings is 1. The van der Waals surface area contributed by atoms with Crippen LogP contribution in [0.25, 0.3) is 10.8 Å². The first-order chi connectivity index (χ1) is 9.78. The minimum absolute atomic E-state index is 0.360. The van der Waals surface area contributed by atoms with Crippen LogP contribution in [0.15, 0.2) is 54.6 Å². The van der Waals surface area contributed by atoms with Crippen LogP contribution in [0.2, 0.25) is 5.02 Å². The lowest BCUT2D eigenvalue weighted by atomic mass is 10.1. The number of benzene rings is 2. The first kappa shape index (κ1) is 13.2. The number of fused-ring (bicyclic) bond motifs is 1. The van der Waals surface area contributed by atoms with Crippen molar-refractivity contribution in [1.82, 2.24) is 4.98 Å². The summed E-state index contributed by atoms with van der Waals surface area (Å²) in [5.74, 6) is 1.61. The van der Waals surface area contributed by atoms with Gasteiger partial charge in [-0.15, -0.1) is 11.6 Å². The van der Waals surface area contributed by atoms with Gasteiger partial charge in [0.25, 0.3) is 0 Å². The smallest absolute Gasteiger partial charge is 0.219 e. The van der Waals surface area contributed by atoms with Crippen molar-refractivity contribution in [3.05, 3.63) is 65.3 Å². The number of ether oxygens (including phenoxy) is 1. The Morgan fingerprint density at radius 1 is 0.900 bits per heavy atom. The molecular weight excluding hydrogens is 293 g/mol. The number of aromatic nitrogens is 1. The lowest BCUT2D eigenvalue weighted by Gasteiger charge is -2.09. The number of rotatable bonds is 3. The number of hydrogen-bond donors (Lipinski definition) is 0. The van der Waals surface area contributed by atoms with E-state index in [1.807, 2.05) is 48.5 Å². The predicted octanol–water partition coefficient (Wildman–Crippen LogP) is 5.42. The van der Waals surface area contributed by atoms with Crippen LogP contribution in [0, 0.1) is 0 Å². The third kappa shape index (κ3) is 2.58. The van der Waals surface area contributed by atoms with Gasteiger partial charge in [-0.1, -0.05) is 41.9 Å². The fraction of sp³-hybridized carbons (Fsp3) is 0.0625. The second-order valence-electron chi connectivity index (χ2n) is 4.29. The van der Waals surface area contributed by atoms with Crippen molar-refractivity contribution in [2.75, 3.05) is 0 Å². The van der Waals surface area contributed by atoms with Gasteiger partial charge in [0.1, 0.15) is 5.75 Å². The first-order valence-corrected chi connectivity index (χ1v) is 7.06. The van der Waals surface area contributed by atoms with Crippen LogP contribution in [-0.2, 0) is 5.88 Å². The van der Waals surface area contributed by atoms with Crippen LogP contribution in [0.3, 0.4) is 0 Å². The zero-order valence-electron chi connectivity index (χ0n) is 10.5. The second-order valence-corrected chi connectivity index (χ2v) is 4.97. The summed E-state index contributed by atoms with van der Waals surface area (Å²) < 4.78 is 5.86. The summed E-state index contributed by atoms with van der Waals surface area (Å²) in [6.45, 7) is 0. The standard InChI is InChI=1S/C16H11Cl2NO/c17-10-11-4-3-7-16(19-11)20-15-9-8-14(18)12-5-1-2-6-13(12)15/h1-9H,10H2. The highest BCUT2D eigenvalue weighted by molar-refractivity contribution is 6.35. The summed E-state index contributed by atoms with van der Waals surface area (Å²) in [5.41, 5.74) is 0.780. The Bertz CT molecular complexity index is 758. The molecule has 0 aliphatic rings. The Morgan fingerprint density at radius 2 is 1.70 bits per heavy atom. The number of halogens is 2. The van der Waals surface area contributed by atoms with E-state index in [0.29, 0.717) is 16.8 Å². The molecule has 2 nitrogen and oxygen atoms in total. The molecule has 0 saturated carbocycles. The summed E-state index contributed by atoms with van der Waals surface area (Å²) in [4.78, 5) is 4.33. The molecule has 0 radical (unpaired) electrons. The molecule has 2 aromatic carbocycles. The van der Waals surface area contributed by atoms with Crippen molar-refractivity contribution in [2.24, 2.45) is 0 Å². The van der Waals surface area contributed by atoms with Crippen LogP contribution in [0.5, 0.6) is 11.6 Å². The van der Waals surface area contributed by atoms with Gasteiger partial charge < -0.3 is 4.74 Å². The topological polar surface area (TPSA) is 22.1 Å². The highest BCUT2D eigenvalue weighted by Gasteiger charge is 2.07. The van der Waals surface area contributed by atoms with E-state index in [0.717, 1.165) is 22.2 Å². The van der Waals surface area contributed by atoms with Crippen LogP contribution >= 0.6 is 23.2 Å². The van der Waals surface area contributed by atoms with Crippen LogP contribution < -0.4 is 4.74 Å². The van der Waals surface area contributed by atoms with Gasteiger partial charge in [-0.2, -0.15) is 0 Å². The molecule has 3 rings (SSSR count). The maximum atomic E-state index is 6.19. The molecule has 4 heteroatoms. The van der Waals surface area contributed by atoms with Crippen LogP contribution in [0.1, 0.15) is 5.69 Å². The van der Waals surface area contributed by atoms with Crippen molar-refractivity contribution in [3.63, 3.8) is 0 Å². The molecule has 0 aliphatic heterocycles. The molecule has 1 heterocycles. The molecule has 0 N–H and O–H groups in total. The summed E-state index contributed by atoms with van der Waals surface area (Å²) in [5, 5.41) is 2.62. The van der Waals surface area contributed by atoms with Crippen molar-refractivity contribution >= 4 is 34.0 Å². The average Bonchev–Trinajstić information content (AvgIpc) is 2.51. The normalized spacial score (nSPS) is 10.7. The number of hydrogen-bond acceptors (Lipinski definition) is 2. The lowest BCUT2D eigenvalue weighted by molar-refractivity contribution is 0.467. The maximum Gasteiger partial charge on any atom is 0.219 e. The molecule has 0 fully saturated rings. The maximum absolute atomic E-state index is 6.19. The lowest BCUT2D eigenvalue weighted by Crippen LogP contribution is -1.92. The monoisotopic (exact) mass is 303 g/mol. The van der Waals surface area contributed by atoms with E-state index in [9.17, 15) is 0 Å². The van der Waals surface area contributed by atoms with E-state index in [4.69, 9.17) is 27.9 Å². The Balaban J connectivity index is 2.04. The molecule has 20 heavy (non-hydrogen) atoms. The zero-order valence-corrected chi connectivity index (χ0v) is 12.0. The van der Waals surface area contributed by atoms with Crippen LogP contribution in [-0.4, -0.2) is 4.98 Å². The Morgan fingerprint density at radius 3 is 2.50 bits per heavy atom. The van der Waals surface area contributed by atoms with Gasteiger partial charge in [0.05, 0.1) is 11.6 Å². The highest BCUT2D eigenvalue weighted by Crippen LogP contribution is 2.33. The van der Waals surface area contributed by atoms with Crippen molar-refractivity contribution < 1.29 is 4.74 Å². The Labute approximate surface area is 126 Å². The Kier molecular flexibility index (Phi) is 3.77. The first-order valence-electron chi connectivity index (χ1n) is 6.15. The van der Waals surface area contributed by atoms with E-state index >= 15 is 0 Å².